The van der Waals surface area contributed by atoms with E-state index in [0.29, 0.717) is 6.42 Å². The minimum absolute atomic E-state index is 0.0963. The molecule has 0 radical (unpaired) electrons. The van der Waals surface area contributed by atoms with E-state index in [1.54, 1.807) is 32.1 Å². The first kappa shape index (κ1) is 18.0. The van der Waals surface area contributed by atoms with Crippen molar-refractivity contribution in [2.45, 2.75) is 38.6 Å². The van der Waals surface area contributed by atoms with Gasteiger partial charge < -0.3 is 23.7 Å². The molecule has 22 heavy (non-hydrogen) atoms. The summed E-state index contributed by atoms with van der Waals surface area (Å²) in [5, 5.41) is 0. The molecule has 0 saturated heterocycles. The van der Waals surface area contributed by atoms with Crippen molar-refractivity contribution in [1.29, 1.82) is 0 Å². The molecule has 0 fully saturated rings. The Bertz CT molecular complexity index is 405. The smallest absolute Gasteiger partial charge is 0.435 e. The number of carbonyl (C=O) groups is 2. The lowest BCUT2D eigenvalue weighted by atomic mass is 10.1. The number of ether oxygens (including phenoxy) is 5. The fourth-order valence-electron chi connectivity index (χ4n) is 1.83. The Kier molecular flexibility index (Phi) is 8.06. The van der Waals surface area contributed by atoms with E-state index in [-0.39, 0.29) is 25.9 Å². The van der Waals surface area contributed by atoms with Crippen molar-refractivity contribution in [2.24, 2.45) is 0 Å². The average Bonchev–Trinajstić information content (AvgIpc) is 2.48. The van der Waals surface area contributed by atoms with Gasteiger partial charge in [-0.25, -0.2) is 9.59 Å². The minimum Gasteiger partial charge on any atom is -0.435 e. The van der Waals surface area contributed by atoms with Crippen LogP contribution < -0.4 is 0 Å². The third-order valence-electron chi connectivity index (χ3n) is 2.75. The van der Waals surface area contributed by atoms with Crippen LogP contribution in [0.5, 0.6) is 0 Å². The van der Waals surface area contributed by atoms with Gasteiger partial charge in [0.05, 0.1) is 19.3 Å². The van der Waals surface area contributed by atoms with E-state index in [4.69, 9.17) is 18.9 Å². The molecular formula is C15H22O7. The van der Waals surface area contributed by atoms with Gasteiger partial charge in [0.15, 0.2) is 6.10 Å². The number of hydrogen-bond donors (Lipinski definition) is 0. The summed E-state index contributed by atoms with van der Waals surface area (Å²) in [5.41, 5.74) is 0. The number of carbonyl (C=O) groups excluding carboxylic acids is 2. The highest BCUT2D eigenvalue weighted by Crippen LogP contribution is 2.19. The summed E-state index contributed by atoms with van der Waals surface area (Å²) in [5.74, 6) is 0. The second-order valence-corrected chi connectivity index (χ2v) is 4.38. The van der Waals surface area contributed by atoms with Gasteiger partial charge in [0, 0.05) is 0 Å². The summed E-state index contributed by atoms with van der Waals surface area (Å²) < 4.78 is 25.2. The molecule has 0 N–H and O–H groups in total. The molecule has 7 heteroatoms. The summed E-state index contributed by atoms with van der Waals surface area (Å²) >= 11 is 0. The molecule has 0 aromatic heterocycles. The van der Waals surface area contributed by atoms with Crippen molar-refractivity contribution < 1.29 is 33.3 Å². The van der Waals surface area contributed by atoms with Crippen LogP contribution >= 0.6 is 0 Å². The Labute approximate surface area is 129 Å². The standard InChI is InChI=1S/C15H22O7/c1-4-7-11-8-9-12(22-15(17)19-6-3)13(21-11)10-20-14(16)18-5-2/h4,8-9,11-13H,1,5-7,10H2,2-3H3/t11-,12-,13-/m1/s1. The predicted molar refractivity (Wildman–Crippen MR) is 77.5 cm³/mol. The highest BCUT2D eigenvalue weighted by atomic mass is 16.7. The molecule has 124 valence electrons. The lowest BCUT2D eigenvalue weighted by molar-refractivity contribution is -0.0975. The van der Waals surface area contributed by atoms with E-state index < -0.39 is 24.5 Å². The summed E-state index contributed by atoms with van der Waals surface area (Å²) in [6.07, 6.45) is 2.62. The van der Waals surface area contributed by atoms with Crippen LogP contribution in [0.3, 0.4) is 0 Å². The SMILES string of the molecule is C=CC[C@@H]1C=C[C@@H](OC(=O)OCC)[C@@H](COC(=O)OCC)O1. The van der Waals surface area contributed by atoms with Crippen molar-refractivity contribution in [3.8, 4) is 0 Å². The monoisotopic (exact) mass is 314 g/mol. The summed E-state index contributed by atoms with van der Waals surface area (Å²) in [6.45, 7) is 7.32. The topological polar surface area (TPSA) is 80.3 Å². The van der Waals surface area contributed by atoms with Crippen LogP contribution in [0, 0.1) is 0 Å². The molecule has 3 atom stereocenters. The fraction of sp³-hybridized carbons (Fsp3) is 0.600. The zero-order valence-corrected chi connectivity index (χ0v) is 12.9. The lowest BCUT2D eigenvalue weighted by Crippen LogP contribution is -2.41. The second kappa shape index (κ2) is 9.83. The first-order valence-electron chi connectivity index (χ1n) is 7.18. The highest BCUT2D eigenvalue weighted by molar-refractivity contribution is 5.61. The van der Waals surface area contributed by atoms with Gasteiger partial charge in [-0.15, -0.1) is 6.58 Å². The van der Waals surface area contributed by atoms with Gasteiger partial charge in [-0.05, 0) is 26.3 Å². The third kappa shape index (κ3) is 6.17. The fourth-order valence-corrected chi connectivity index (χ4v) is 1.83. The third-order valence-corrected chi connectivity index (χ3v) is 2.75. The van der Waals surface area contributed by atoms with Gasteiger partial charge in [0.25, 0.3) is 0 Å². The molecule has 0 spiro atoms. The Balaban J connectivity index is 2.63. The first-order chi connectivity index (χ1) is 10.6. The highest BCUT2D eigenvalue weighted by Gasteiger charge is 2.31. The second-order valence-electron chi connectivity index (χ2n) is 4.38. The van der Waals surface area contributed by atoms with Crippen LogP contribution in [-0.2, 0) is 23.7 Å². The summed E-state index contributed by atoms with van der Waals surface area (Å²) in [7, 11) is 0. The molecule has 1 rings (SSSR count). The van der Waals surface area contributed by atoms with E-state index in [0.717, 1.165) is 0 Å². The van der Waals surface area contributed by atoms with Crippen LogP contribution in [0.25, 0.3) is 0 Å². The van der Waals surface area contributed by atoms with E-state index in [1.165, 1.54) is 0 Å². The van der Waals surface area contributed by atoms with Gasteiger partial charge >= 0.3 is 12.3 Å². The molecule has 0 aromatic rings. The molecule has 0 bridgehead atoms. The van der Waals surface area contributed by atoms with E-state index in [2.05, 4.69) is 11.3 Å². The van der Waals surface area contributed by atoms with E-state index in [9.17, 15) is 9.59 Å². The van der Waals surface area contributed by atoms with Crippen molar-refractivity contribution in [1.82, 2.24) is 0 Å². The first-order valence-corrected chi connectivity index (χ1v) is 7.18. The molecule has 0 saturated carbocycles. The normalized spacial score (nSPS) is 23.5. The van der Waals surface area contributed by atoms with Crippen LogP contribution in [0.15, 0.2) is 24.8 Å². The molecule has 0 aliphatic carbocycles. The van der Waals surface area contributed by atoms with Crippen LogP contribution in [-0.4, -0.2) is 50.4 Å². The maximum atomic E-state index is 11.4. The van der Waals surface area contributed by atoms with E-state index >= 15 is 0 Å². The van der Waals surface area contributed by atoms with Crippen LogP contribution in [0.2, 0.25) is 0 Å². The maximum Gasteiger partial charge on any atom is 0.508 e. The molecule has 0 aromatic carbocycles. The van der Waals surface area contributed by atoms with Gasteiger partial charge in [-0.2, -0.15) is 0 Å². The van der Waals surface area contributed by atoms with Crippen molar-refractivity contribution in [3.05, 3.63) is 24.8 Å². The molecule has 1 heterocycles. The molecule has 1 aliphatic rings. The molecular weight excluding hydrogens is 292 g/mol. The van der Waals surface area contributed by atoms with Crippen molar-refractivity contribution in [2.75, 3.05) is 19.8 Å². The molecule has 0 amide bonds. The van der Waals surface area contributed by atoms with Gasteiger partial charge in [0.2, 0.25) is 0 Å². The molecule has 7 nitrogen and oxygen atoms in total. The predicted octanol–water partition coefficient (Wildman–Crippen LogP) is 2.60. The number of rotatable bonds is 7. The largest absolute Gasteiger partial charge is 0.508 e. The van der Waals surface area contributed by atoms with Gasteiger partial charge in [-0.3, -0.25) is 0 Å². The Morgan fingerprint density at radius 3 is 2.45 bits per heavy atom. The Hall–Kier alpha value is -2.02. The van der Waals surface area contributed by atoms with Crippen molar-refractivity contribution >= 4 is 12.3 Å². The van der Waals surface area contributed by atoms with Crippen molar-refractivity contribution in [3.63, 3.8) is 0 Å². The lowest BCUT2D eigenvalue weighted by Gasteiger charge is -2.30. The zero-order chi connectivity index (χ0) is 16.4. The maximum absolute atomic E-state index is 11.4. The van der Waals surface area contributed by atoms with Crippen LogP contribution in [0.1, 0.15) is 20.3 Å². The summed E-state index contributed by atoms with van der Waals surface area (Å²) in [6, 6.07) is 0. The average molecular weight is 314 g/mol. The van der Waals surface area contributed by atoms with Crippen LogP contribution in [0.4, 0.5) is 9.59 Å². The molecule has 1 aliphatic heterocycles. The van der Waals surface area contributed by atoms with Gasteiger partial charge in [-0.1, -0.05) is 12.2 Å². The minimum atomic E-state index is -0.802. The Morgan fingerprint density at radius 2 is 1.82 bits per heavy atom. The Morgan fingerprint density at radius 1 is 1.14 bits per heavy atom. The van der Waals surface area contributed by atoms with Gasteiger partial charge in [0.1, 0.15) is 12.7 Å². The van der Waals surface area contributed by atoms with E-state index in [1.807, 2.05) is 0 Å². The molecule has 0 unspecified atom stereocenters. The zero-order valence-electron chi connectivity index (χ0n) is 12.9. The number of hydrogen-bond acceptors (Lipinski definition) is 7. The summed E-state index contributed by atoms with van der Waals surface area (Å²) in [4.78, 5) is 22.7. The quantitative estimate of drug-likeness (QED) is 0.528.